The van der Waals surface area contributed by atoms with Gasteiger partial charge in [0.1, 0.15) is 16.8 Å². The van der Waals surface area contributed by atoms with Crippen LogP contribution in [0, 0.1) is 17.2 Å². The zero-order valence-electron chi connectivity index (χ0n) is 25.4. The van der Waals surface area contributed by atoms with Gasteiger partial charge in [0.05, 0.1) is 11.6 Å². The predicted molar refractivity (Wildman–Crippen MR) is 185 cm³/mol. The minimum absolute atomic E-state index is 0.114. The summed E-state index contributed by atoms with van der Waals surface area (Å²) in [6.07, 6.45) is 17.9. The molecule has 2 atom stereocenters. The number of rotatable bonds is 3. The van der Waals surface area contributed by atoms with Gasteiger partial charge in [-0.15, -0.1) is 0 Å². The normalized spacial score (nSPS) is 22.5. The Kier molecular flexibility index (Phi) is 6.14. The van der Waals surface area contributed by atoms with Crippen molar-refractivity contribution in [3.8, 4) is 39.8 Å². The van der Waals surface area contributed by atoms with E-state index in [0.717, 1.165) is 33.3 Å². The molecule has 4 nitrogen and oxygen atoms in total. The van der Waals surface area contributed by atoms with Crippen molar-refractivity contribution in [2.24, 2.45) is 5.92 Å². The molecule has 1 fully saturated rings. The summed E-state index contributed by atoms with van der Waals surface area (Å²) in [4.78, 5) is 9.98. The Balaban J connectivity index is 1.14. The summed E-state index contributed by atoms with van der Waals surface area (Å²) in [7, 11) is 0. The fraction of sp³-hybridized carbons (Fsp3) is 0.167. The minimum Gasteiger partial charge on any atom is -0.452 e. The van der Waals surface area contributed by atoms with Crippen molar-refractivity contribution >= 4 is 27.6 Å². The highest BCUT2D eigenvalue weighted by Crippen LogP contribution is 2.58. The van der Waals surface area contributed by atoms with Crippen LogP contribution in [-0.4, -0.2) is 9.97 Å². The van der Waals surface area contributed by atoms with Crippen LogP contribution < -0.4 is 0 Å². The first kappa shape index (κ1) is 26.8. The zero-order chi connectivity index (χ0) is 30.7. The van der Waals surface area contributed by atoms with Gasteiger partial charge < -0.3 is 4.42 Å². The quantitative estimate of drug-likeness (QED) is 0.205. The number of nitriles is 1. The van der Waals surface area contributed by atoms with Gasteiger partial charge >= 0.3 is 0 Å². The second kappa shape index (κ2) is 10.5. The molecule has 46 heavy (non-hydrogen) atoms. The number of nitrogens with zero attached hydrogens (tertiary/aromatic N) is 3. The third-order valence-electron chi connectivity index (χ3n) is 10.3. The van der Waals surface area contributed by atoms with Crippen molar-refractivity contribution < 1.29 is 4.42 Å². The third-order valence-corrected chi connectivity index (χ3v) is 10.3. The van der Waals surface area contributed by atoms with E-state index in [1.165, 1.54) is 59.9 Å². The van der Waals surface area contributed by atoms with Crippen molar-refractivity contribution in [2.45, 2.75) is 37.5 Å². The van der Waals surface area contributed by atoms with E-state index in [-0.39, 0.29) is 5.41 Å². The first-order valence-corrected chi connectivity index (χ1v) is 16.2. The Morgan fingerprint density at radius 3 is 2.43 bits per heavy atom. The van der Waals surface area contributed by atoms with Gasteiger partial charge in [-0.1, -0.05) is 98.2 Å². The van der Waals surface area contributed by atoms with Crippen LogP contribution in [0.5, 0.6) is 0 Å². The van der Waals surface area contributed by atoms with Crippen LogP contribution in [0.2, 0.25) is 0 Å². The molecule has 0 amide bonds. The topological polar surface area (TPSA) is 62.7 Å². The number of hydrogen-bond acceptors (Lipinski definition) is 4. The van der Waals surface area contributed by atoms with Crippen molar-refractivity contribution in [3.63, 3.8) is 0 Å². The summed E-state index contributed by atoms with van der Waals surface area (Å²) in [5.74, 6) is 1.16. The lowest BCUT2D eigenvalue weighted by Crippen LogP contribution is -2.28. The van der Waals surface area contributed by atoms with E-state index in [4.69, 9.17) is 14.4 Å². The number of para-hydroxylation sites is 1. The molecule has 3 aliphatic rings. The van der Waals surface area contributed by atoms with Crippen LogP contribution in [0.1, 0.15) is 48.8 Å². The van der Waals surface area contributed by atoms with E-state index in [2.05, 4.69) is 78.9 Å². The molecule has 3 aliphatic carbocycles. The van der Waals surface area contributed by atoms with Gasteiger partial charge in [0.25, 0.3) is 0 Å². The van der Waals surface area contributed by atoms with E-state index in [1.54, 1.807) is 12.1 Å². The molecule has 4 heteroatoms. The standard InChI is InChI=1S/C42H31N3O/c43-26-27-13-15-30(16-14-27)41-44-38(40-39(45-41)33-10-5-6-12-37(33)46-40)29-19-17-28(18-20-29)31-21-22-36-34(25-31)32-9-3-1-7-23-42(36)24-8-2-4-11-35(32)42/h1,3,5-7,9-10,12-23,25,35H,2,4,8,11,24H2/b3-1-,23-7+,32-9-. The molecule has 6 aromatic rings. The fourth-order valence-corrected chi connectivity index (χ4v) is 8.06. The molecule has 9 rings (SSSR count). The molecule has 4 aromatic carbocycles. The highest BCUT2D eigenvalue weighted by molar-refractivity contribution is 6.07. The molecule has 0 N–H and O–H groups in total. The van der Waals surface area contributed by atoms with Gasteiger partial charge in [0, 0.05) is 21.9 Å². The largest absolute Gasteiger partial charge is 0.452 e. The lowest BCUT2D eigenvalue weighted by Gasteiger charge is -2.33. The maximum atomic E-state index is 9.29. The molecule has 0 aliphatic heterocycles. The van der Waals surface area contributed by atoms with E-state index in [1.807, 2.05) is 36.4 Å². The van der Waals surface area contributed by atoms with Crippen LogP contribution in [0.4, 0.5) is 0 Å². The number of aromatic nitrogens is 2. The minimum atomic E-state index is 0.114. The molecule has 0 radical (unpaired) electrons. The third kappa shape index (κ3) is 4.12. The molecule has 220 valence electrons. The second-order valence-electron chi connectivity index (χ2n) is 12.8. The Bertz CT molecular complexity index is 2300. The van der Waals surface area contributed by atoms with Crippen molar-refractivity contribution in [2.75, 3.05) is 0 Å². The highest BCUT2D eigenvalue weighted by Gasteiger charge is 2.47. The summed E-state index contributed by atoms with van der Waals surface area (Å²) >= 11 is 0. The molecule has 2 aromatic heterocycles. The van der Waals surface area contributed by atoms with Crippen molar-refractivity contribution in [1.82, 2.24) is 9.97 Å². The Morgan fingerprint density at radius 2 is 1.57 bits per heavy atom. The predicted octanol–water partition coefficient (Wildman–Crippen LogP) is 10.6. The van der Waals surface area contributed by atoms with Gasteiger partial charge in [-0.3, -0.25) is 0 Å². The van der Waals surface area contributed by atoms with E-state index in [0.29, 0.717) is 22.9 Å². The molecule has 2 heterocycles. The molecule has 2 unspecified atom stereocenters. The van der Waals surface area contributed by atoms with Crippen LogP contribution >= 0.6 is 0 Å². The van der Waals surface area contributed by atoms with Gasteiger partial charge in [-0.2, -0.15) is 5.26 Å². The van der Waals surface area contributed by atoms with Crippen molar-refractivity contribution in [3.05, 3.63) is 138 Å². The Morgan fingerprint density at radius 1 is 0.761 bits per heavy atom. The summed E-state index contributed by atoms with van der Waals surface area (Å²) in [6.45, 7) is 0. The van der Waals surface area contributed by atoms with Crippen LogP contribution in [0.15, 0.2) is 126 Å². The molecule has 1 saturated carbocycles. The first-order chi connectivity index (χ1) is 22.7. The van der Waals surface area contributed by atoms with Gasteiger partial charge in [-0.25, -0.2) is 9.97 Å². The molecule has 0 saturated heterocycles. The number of furan rings is 1. The average Bonchev–Trinajstić information content (AvgIpc) is 3.53. The number of allylic oxidation sites excluding steroid dienone is 6. The fourth-order valence-electron chi connectivity index (χ4n) is 8.06. The van der Waals surface area contributed by atoms with Crippen molar-refractivity contribution in [1.29, 1.82) is 5.26 Å². The average molecular weight is 594 g/mol. The summed E-state index contributed by atoms with van der Waals surface area (Å²) < 4.78 is 6.36. The SMILES string of the molecule is N#Cc1ccc(-c2nc(-c3ccc(-c4ccc5c(c4)/C4=C/C=C\C=C\C56CCCCCC46)cc3)c3oc4ccccc4c3n2)cc1. The summed E-state index contributed by atoms with van der Waals surface area (Å²) in [6, 6.07) is 33.4. The van der Waals surface area contributed by atoms with Gasteiger partial charge in [0.2, 0.25) is 0 Å². The maximum Gasteiger partial charge on any atom is 0.180 e. The van der Waals surface area contributed by atoms with Gasteiger partial charge in [0.15, 0.2) is 11.4 Å². The summed E-state index contributed by atoms with van der Waals surface area (Å²) in [5, 5.41) is 10.2. The highest BCUT2D eigenvalue weighted by atomic mass is 16.3. The monoisotopic (exact) mass is 593 g/mol. The number of benzene rings is 4. The number of hydrogen-bond donors (Lipinski definition) is 0. The Hall–Kier alpha value is -5.53. The van der Waals surface area contributed by atoms with E-state index < -0.39 is 0 Å². The van der Waals surface area contributed by atoms with Gasteiger partial charge in [-0.05, 0) is 89.1 Å². The Labute approximate surface area is 268 Å². The number of fused-ring (bicyclic) bond motifs is 5. The van der Waals surface area contributed by atoms with E-state index in [9.17, 15) is 5.26 Å². The molecular weight excluding hydrogens is 562 g/mol. The van der Waals surface area contributed by atoms with Crippen LogP contribution in [0.25, 0.3) is 61.4 Å². The van der Waals surface area contributed by atoms with Crippen LogP contribution in [0.3, 0.4) is 0 Å². The zero-order valence-corrected chi connectivity index (χ0v) is 25.4. The second-order valence-corrected chi connectivity index (χ2v) is 12.8. The molecular formula is C42H31N3O. The lowest BCUT2D eigenvalue weighted by atomic mass is 9.70. The summed E-state index contributed by atoms with van der Waals surface area (Å²) in [5.41, 5.74) is 12.4. The van der Waals surface area contributed by atoms with Crippen LogP contribution in [-0.2, 0) is 5.41 Å². The first-order valence-electron chi connectivity index (χ1n) is 16.2. The molecule has 2 bridgehead atoms. The van der Waals surface area contributed by atoms with E-state index >= 15 is 0 Å². The smallest absolute Gasteiger partial charge is 0.180 e. The maximum absolute atomic E-state index is 9.29. The lowest BCUT2D eigenvalue weighted by molar-refractivity contribution is 0.400. The molecule has 0 spiro atoms.